The second-order valence-electron chi connectivity index (χ2n) is 7.09. The Morgan fingerprint density at radius 2 is 1.72 bits per heavy atom. The SMILES string of the molecule is CCC1CCC(N(C)CCCNC(C)(C)C)CC1. The van der Waals surface area contributed by atoms with Gasteiger partial charge < -0.3 is 10.2 Å². The van der Waals surface area contributed by atoms with E-state index < -0.39 is 0 Å². The molecule has 18 heavy (non-hydrogen) atoms. The van der Waals surface area contributed by atoms with E-state index in [1.165, 1.54) is 45.1 Å². The molecule has 0 aromatic rings. The van der Waals surface area contributed by atoms with Crippen LogP contribution in [0.1, 0.15) is 66.2 Å². The first-order valence-corrected chi connectivity index (χ1v) is 7.87. The van der Waals surface area contributed by atoms with Crippen LogP contribution in [-0.2, 0) is 0 Å². The zero-order chi connectivity index (χ0) is 13.6. The van der Waals surface area contributed by atoms with Gasteiger partial charge in [-0.2, -0.15) is 0 Å². The van der Waals surface area contributed by atoms with E-state index in [0.717, 1.165) is 18.5 Å². The lowest BCUT2D eigenvalue weighted by molar-refractivity contribution is 0.161. The van der Waals surface area contributed by atoms with Crippen molar-refractivity contribution >= 4 is 0 Å². The van der Waals surface area contributed by atoms with Crippen LogP contribution < -0.4 is 5.32 Å². The van der Waals surface area contributed by atoms with Crippen LogP contribution in [0.2, 0.25) is 0 Å². The van der Waals surface area contributed by atoms with Crippen molar-refractivity contribution in [2.75, 3.05) is 20.1 Å². The smallest absolute Gasteiger partial charge is 0.00965 e. The second kappa shape index (κ2) is 7.49. The molecule has 0 unspecified atom stereocenters. The van der Waals surface area contributed by atoms with Gasteiger partial charge in [0.05, 0.1) is 0 Å². The highest BCUT2D eigenvalue weighted by molar-refractivity contribution is 4.78. The summed E-state index contributed by atoms with van der Waals surface area (Å²) in [5.74, 6) is 1.01. The molecule has 0 saturated heterocycles. The Kier molecular flexibility index (Phi) is 6.65. The van der Waals surface area contributed by atoms with Crippen LogP contribution in [0.15, 0.2) is 0 Å². The highest BCUT2D eigenvalue weighted by atomic mass is 15.1. The number of hydrogen-bond donors (Lipinski definition) is 1. The number of nitrogens with zero attached hydrogens (tertiary/aromatic N) is 1. The molecule has 1 aliphatic carbocycles. The third kappa shape index (κ3) is 6.19. The Labute approximate surface area is 115 Å². The summed E-state index contributed by atoms with van der Waals surface area (Å²) in [5.41, 5.74) is 0.262. The van der Waals surface area contributed by atoms with E-state index in [1.807, 2.05) is 0 Å². The molecular formula is C16H34N2. The van der Waals surface area contributed by atoms with Gasteiger partial charge in [0.1, 0.15) is 0 Å². The van der Waals surface area contributed by atoms with Gasteiger partial charge in [0, 0.05) is 11.6 Å². The van der Waals surface area contributed by atoms with Crippen molar-refractivity contribution < 1.29 is 0 Å². The molecule has 1 N–H and O–H groups in total. The summed E-state index contributed by atoms with van der Waals surface area (Å²) in [4.78, 5) is 2.59. The van der Waals surface area contributed by atoms with Gasteiger partial charge in [0.2, 0.25) is 0 Å². The lowest BCUT2D eigenvalue weighted by Crippen LogP contribution is -2.39. The largest absolute Gasteiger partial charge is 0.312 e. The van der Waals surface area contributed by atoms with Crippen LogP contribution in [0.5, 0.6) is 0 Å². The van der Waals surface area contributed by atoms with Crippen molar-refractivity contribution in [3.63, 3.8) is 0 Å². The van der Waals surface area contributed by atoms with Gasteiger partial charge in [-0.05, 0) is 78.9 Å². The maximum absolute atomic E-state index is 3.57. The Balaban J connectivity index is 2.12. The molecule has 0 aromatic heterocycles. The molecule has 0 aliphatic heterocycles. The number of hydrogen-bond acceptors (Lipinski definition) is 2. The summed E-state index contributed by atoms with van der Waals surface area (Å²) in [6, 6.07) is 0.849. The summed E-state index contributed by atoms with van der Waals surface area (Å²) in [7, 11) is 2.31. The van der Waals surface area contributed by atoms with Crippen molar-refractivity contribution in [1.82, 2.24) is 10.2 Å². The quantitative estimate of drug-likeness (QED) is 0.728. The maximum Gasteiger partial charge on any atom is 0.00965 e. The summed E-state index contributed by atoms with van der Waals surface area (Å²) in [6.45, 7) is 11.4. The zero-order valence-corrected chi connectivity index (χ0v) is 13.3. The molecule has 0 radical (unpaired) electrons. The van der Waals surface area contributed by atoms with E-state index in [9.17, 15) is 0 Å². The third-order valence-electron chi connectivity index (χ3n) is 4.36. The number of nitrogens with one attached hydrogen (secondary N) is 1. The molecule has 0 spiro atoms. The predicted octanol–water partition coefficient (Wildman–Crippen LogP) is 3.67. The lowest BCUT2D eigenvalue weighted by atomic mass is 9.84. The molecule has 108 valence electrons. The van der Waals surface area contributed by atoms with Crippen LogP contribution in [0.4, 0.5) is 0 Å². The van der Waals surface area contributed by atoms with E-state index in [4.69, 9.17) is 0 Å². The topological polar surface area (TPSA) is 15.3 Å². The van der Waals surface area contributed by atoms with E-state index >= 15 is 0 Å². The summed E-state index contributed by atoms with van der Waals surface area (Å²) in [6.07, 6.45) is 8.38. The van der Waals surface area contributed by atoms with E-state index in [2.05, 4.69) is 45.0 Å². The van der Waals surface area contributed by atoms with Gasteiger partial charge in [-0.25, -0.2) is 0 Å². The van der Waals surface area contributed by atoms with E-state index in [-0.39, 0.29) is 5.54 Å². The van der Waals surface area contributed by atoms with Crippen molar-refractivity contribution in [2.24, 2.45) is 5.92 Å². The molecule has 2 nitrogen and oxygen atoms in total. The monoisotopic (exact) mass is 254 g/mol. The Bertz CT molecular complexity index is 212. The minimum atomic E-state index is 0.262. The van der Waals surface area contributed by atoms with Gasteiger partial charge >= 0.3 is 0 Å². The number of rotatable bonds is 6. The minimum Gasteiger partial charge on any atom is -0.312 e. The predicted molar refractivity (Wildman–Crippen MR) is 81.0 cm³/mol. The van der Waals surface area contributed by atoms with Gasteiger partial charge in [0.15, 0.2) is 0 Å². The molecule has 0 amide bonds. The fraction of sp³-hybridized carbons (Fsp3) is 1.00. The van der Waals surface area contributed by atoms with Crippen LogP contribution in [0, 0.1) is 5.92 Å². The first-order chi connectivity index (χ1) is 8.42. The van der Waals surface area contributed by atoms with Crippen LogP contribution in [0.25, 0.3) is 0 Å². The molecule has 0 aromatic carbocycles. The van der Waals surface area contributed by atoms with E-state index in [1.54, 1.807) is 0 Å². The first-order valence-electron chi connectivity index (χ1n) is 7.87. The van der Waals surface area contributed by atoms with Crippen LogP contribution in [0.3, 0.4) is 0 Å². The molecule has 0 heterocycles. The van der Waals surface area contributed by atoms with Gasteiger partial charge in [-0.15, -0.1) is 0 Å². The van der Waals surface area contributed by atoms with Gasteiger partial charge in [-0.3, -0.25) is 0 Å². The van der Waals surface area contributed by atoms with E-state index in [0.29, 0.717) is 0 Å². The molecule has 1 rings (SSSR count). The Morgan fingerprint density at radius 3 is 2.22 bits per heavy atom. The highest BCUT2D eigenvalue weighted by Gasteiger charge is 2.22. The average Bonchev–Trinajstić information content (AvgIpc) is 2.33. The van der Waals surface area contributed by atoms with Crippen molar-refractivity contribution in [1.29, 1.82) is 0 Å². The molecule has 0 atom stereocenters. The first kappa shape index (κ1) is 16.0. The lowest BCUT2D eigenvalue weighted by Gasteiger charge is -2.34. The summed E-state index contributed by atoms with van der Waals surface area (Å²) >= 11 is 0. The highest BCUT2D eigenvalue weighted by Crippen LogP contribution is 2.28. The van der Waals surface area contributed by atoms with Gasteiger partial charge in [0.25, 0.3) is 0 Å². The molecule has 2 heteroatoms. The van der Waals surface area contributed by atoms with Crippen molar-refractivity contribution in [3.05, 3.63) is 0 Å². The second-order valence-corrected chi connectivity index (χ2v) is 7.09. The normalized spacial score (nSPS) is 25.7. The van der Waals surface area contributed by atoms with Gasteiger partial charge in [-0.1, -0.05) is 13.3 Å². The van der Waals surface area contributed by atoms with Crippen LogP contribution in [-0.4, -0.2) is 36.6 Å². The molecule has 1 aliphatic rings. The molecule has 0 bridgehead atoms. The fourth-order valence-corrected chi connectivity index (χ4v) is 2.97. The third-order valence-corrected chi connectivity index (χ3v) is 4.36. The zero-order valence-electron chi connectivity index (χ0n) is 13.3. The fourth-order valence-electron chi connectivity index (χ4n) is 2.97. The Hall–Kier alpha value is -0.0800. The molecule has 1 fully saturated rings. The summed E-state index contributed by atoms with van der Waals surface area (Å²) in [5, 5.41) is 3.57. The van der Waals surface area contributed by atoms with Crippen molar-refractivity contribution in [2.45, 2.75) is 77.8 Å². The maximum atomic E-state index is 3.57. The molecule has 1 saturated carbocycles. The van der Waals surface area contributed by atoms with Crippen molar-refractivity contribution in [3.8, 4) is 0 Å². The Morgan fingerprint density at radius 1 is 1.11 bits per heavy atom. The minimum absolute atomic E-state index is 0.262. The molecular weight excluding hydrogens is 220 g/mol. The standard InChI is InChI=1S/C16H34N2/c1-6-14-8-10-15(11-9-14)18(5)13-7-12-17-16(2,3)4/h14-15,17H,6-13H2,1-5H3. The van der Waals surface area contributed by atoms with Crippen LogP contribution >= 0.6 is 0 Å². The average molecular weight is 254 g/mol. The summed E-state index contributed by atoms with van der Waals surface area (Å²) < 4.78 is 0.